The van der Waals surface area contributed by atoms with Gasteiger partial charge in [0, 0.05) is 55.5 Å². The number of fused-ring (bicyclic) bond motifs is 9. The molecule has 5 aromatic rings. The Labute approximate surface area is 237 Å². The Bertz CT molecular complexity index is 1730. The molecule has 2 aromatic heterocycles. The quantitative estimate of drug-likeness (QED) is 0.219. The van der Waals surface area contributed by atoms with E-state index in [2.05, 4.69) is 150 Å². The molecule has 3 heteroatoms. The minimum Gasteiger partial charge on any atom is -0.378 e. The monoisotopic (exact) mass is 521 g/mol. The first kappa shape index (κ1) is 24.5. The maximum Gasteiger partial charge on any atom is 0.218 e. The topological polar surface area (TPSA) is 11.0 Å². The molecule has 2 atom stereocenters. The van der Waals surface area contributed by atoms with Gasteiger partial charge in [0.2, 0.25) is 11.4 Å². The number of hydrogen-bond donors (Lipinski definition) is 0. The van der Waals surface area contributed by atoms with Crippen LogP contribution in [0.1, 0.15) is 35.9 Å². The van der Waals surface area contributed by atoms with E-state index < -0.39 is 0 Å². The molecule has 3 aromatic carbocycles. The van der Waals surface area contributed by atoms with E-state index in [-0.39, 0.29) is 0 Å². The van der Waals surface area contributed by atoms with Crippen LogP contribution in [-0.2, 0) is 6.42 Å². The normalized spacial score (nSPS) is 17.5. The standard InChI is InChI=1S/C37H35N3/c1-26-24-37-33(31-10-4-5-11-32(31)35-12-7-9-23-40(35)37)21-18-28-14-15-29(27-16-19-30(20-17-27)38(2)3)25-34(28)36-13-6-8-22-39(26)36/h4-17,19-20,22-23,25,33,37H,1,18,21,24H2,2-3H3/q+2. The molecule has 0 radical (unpaired) electrons. The van der Waals surface area contributed by atoms with Gasteiger partial charge in [-0.15, -0.1) is 0 Å². The molecule has 0 bridgehead atoms. The second-order valence-corrected chi connectivity index (χ2v) is 11.3. The lowest BCUT2D eigenvalue weighted by Gasteiger charge is -2.31. The third-order valence-electron chi connectivity index (χ3n) is 8.82. The van der Waals surface area contributed by atoms with Crippen molar-refractivity contribution >= 4 is 11.4 Å². The summed E-state index contributed by atoms with van der Waals surface area (Å²) in [5.74, 6) is 0.407. The highest BCUT2D eigenvalue weighted by atomic mass is 15.1. The Morgan fingerprint density at radius 3 is 2.27 bits per heavy atom. The van der Waals surface area contributed by atoms with Crippen LogP contribution in [-0.4, -0.2) is 14.1 Å². The first-order chi connectivity index (χ1) is 19.6. The second-order valence-electron chi connectivity index (χ2n) is 11.3. The summed E-state index contributed by atoms with van der Waals surface area (Å²) in [6.07, 6.45) is 7.45. The number of anilines is 1. The highest BCUT2D eigenvalue weighted by Gasteiger charge is 2.42. The third-order valence-corrected chi connectivity index (χ3v) is 8.82. The number of pyridine rings is 2. The summed E-state index contributed by atoms with van der Waals surface area (Å²) in [5.41, 5.74) is 12.8. The zero-order valence-corrected chi connectivity index (χ0v) is 23.3. The number of nitrogens with zero attached hydrogens (tertiary/aromatic N) is 3. The molecular formula is C37H35N3+2. The zero-order valence-electron chi connectivity index (χ0n) is 23.3. The number of allylic oxidation sites excluding steroid dienone is 1. The van der Waals surface area contributed by atoms with Crippen molar-refractivity contribution in [2.75, 3.05) is 19.0 Å². The minimum absolute atomic E-state index is 0.315. The number of aryl methyl sites for hydroxylation is 1. The van der Waals surface area contributed by atoms with Crippen molar-refractivity contribution in [1.82, 2.24) is 0 Å². The van der Waals surface area contributed by atoms with E-state index in [1.165, 1.54) is 50.5 Å². The van der Waals surface area contributed by atoms with Gasteiger partial charge in [-0.1, -0.05) is 42.5 Å². The van der Waals surface area contributed by atoms with Gasteiger partial charge in [-0.2, -0.15) is 9.13 Å². The van der Waals surface area contributed by atoms with Crippen LogP contribution in [0, 0.1) is 0 Å². The Hall–Kier alpha value is -4.50. The number of aromatic nitrogens is 2. The largest absolute Gasteiger partial charge is 0.378 e. The van der Waals surface area contributed by atoms with Crippen molar-refractivity contribution in [1.29, 1.82) is 0 Å². The summed E-state index contributed by atoms with van der Waals surface area (Å²) in [6.45, 7) is 4.67. The van der Waals surface area contributed by atoms with Crippen LogP contribution in [0.4, 0.5) is 5.69 Å². The van der Waals surface area contributed by atoms with E-state index in [9.17, 15) is 0 Å². The Balaban J connectivity index is 1.37. The van der Waals surface area contributed by atoms with Crippen molar-refractivity contribution < 1.29 is 9.13 Å². The van der Waals surface area contributed by atoms with Crippen LogP contribution in [0.5, 0.6) is 0 Å². The van der Waals surface area contributed by atoms with Gasteiger partial charge in [0.05, 0.1) is 12.0 Å². The van der Waals surface area contributed by atoms with Crippen molar-refractivity contribution in [3.63, 3.8) is 0 Å². The molecule has 0 aliphatic carbocycles. The summed E-state index contributed by atoms with van der Waals surface area (Å²) in [5, 5.41) is 0. The van der Waals surface area contributed by atoms with E-state index >= 15 is 0 Å². The Morgan fingerprint density at radius 2 is 1.45 bits per heavy atom. The molecule has 2 unspecified atom stereocenters. The molecule has 2 aliphatic heterocycles. The molecule has 196 valence electrons. The van der Waals surface area contributed by atoms with Gasteiger partial charge in [-0.05, 0) is 78.1 Å². The Kier molecular flexibility index (Phi) is 6.08. The molecule has 0 spiro atoms. The second kappa shape index (κ2) is 9.91. The molecule has 40 heavy (non-hydrogen) atoms. The number of benzene rings is 3. The summed E-state index contributed by atoms with van der Waals surface area (Å²) < 4.78 is 4.83. The fourth-order valence-corrected chi connectivity index (χ4v) is 6.77. The highest BCUT2D eigenvalue weighted by Crippen LogP contribution is 2.44. The van der Waals surface area contributed by atoms with Gasteiger partial charge in [0.25, 0.3) is 0 Å². The summed E-state index contributed by atoms with van der Waals surface area (Å²) >= 11 is 0. The van der Waals surface area contributed by atoms with Gasteiger partial charge in [-0.25, -0.2) is 0 Å². The first-order valence-corrected chi connectivity index (χ1v) is 14.3. The molecule has 3 nitrogen and oxygen atoms in total. The van der Waals surface area contributed by atoms with Gasteiger partial charge in [0.1, 0.15) is 0 Å². The molecule has 0 fully saturated rings. The van der Waals surface area contributed by atoms with Gasteiger partial charge >= 0.3 is 0 Å². The molecule has 0 saturated heterocycles. The minimum atomic E-state index is 0.315. The lowest BCUT2D eigenvalue weighted by atomic mass is 9.77. The van der Waals surface area contributed by atoms with Crippen LogP contribution < -0.4 is 14.0 Å². The maximum absolute atomic E-state index is 4.67. The van der Waals surface area contributed by atoms with Gasteiger partial charge < -0.3 is 4.90 Å². The fraction of sp³-hybridized carbons (Fsp3) is 0.189. The van der Waals surface area contributed by atoms with Gasteiger partial charge in [-0.3, -0.25) is 0 Å². The first-order valence-electron chi connectivity index (χ1n) is 14.3. The van der Waals surface area contributed by atoms with Crippen LogP contribution in [0.25, 0.3) is 39.3 Å². The number of hydrogen-bond acceptors (Lipinski definition) is 1. The molecule has 4 heterocycles. The molecule has 0 N–H and O–H groups in total. The van der Waals surface area contributed by atoms with Gasteiger partial charge in [0.15, 0.2) is 24.1 Å². The molecule has 0 amide bonds. The maximum atomic E-state index is 4.67. The Morgan fingerprint density at radius 1 is 0.725 bits per heavy atom. The summed E-state index contributed by atoms with van der Waals surface area (Å²) in [4.78, 5) is 2.14. The predicted octanol–water partition coefficient (Wildman–Crippen LogP) is 7.47. The van der Waals surface area contributed by atoms with E-state index in [0.29, 0.717) is 12.0 Å². The van der Waals surface area contributed by atoms with Crippen molar-refractivity contribution in [3.05, 3.63) is 133 Å². The third kappa shape index (κ3) is 4.14. The SMILES string of the molecule is C=C1CC2C(CCc3ccc(-c4ccc(N(C)C)cc4)cc3-c3cccc[n+]31)c1ccccc1-c1cccc[n+]12. The fourth-order valence-electron chi connectivity index (χ4n) is 6.77. The van der Waals surface area contributed by atoms with E-state index in [4.69, 9.17) is 0 Å². The van der Waals surface area contributed by atoms with Crippen molar-refractivity contribution in [2.45, 2.75) is 31.2 Å². The lowest BCUT2D eigenvalue weighted by molar-refractivity contribution is -0.720. The van der Waals surface area contributed by atoms with E-state index in [0.717, 1.165) is 25.0 Å². The van der Waals surface area contributed by atoms with E-state index in [1.807, 2.05) is 0 Å². The average molecular weight is 522 g/mol. The van der Waals surface area contributed by atoms with Crippen LogP contribution in [0.2, 0.25) is 0 Å². The van der Waals surface area contributed by atoms with Crippen molar-refractivity contribution in [2.24, 2.45) is 0 Å². The van der Waals surface area contributed by atoms with E-state index in [1.54, 1.807) is 0 Å². The summed E-state index contributed by atoms with van der Waals surface area (Å²) in [7, 11) is 4.17. The summed E-state index contributed by atoms with van der Waals surface area (Å²) in [6, 6.07) is 38.3. The van der Waals surface area contributed by atoms with Crippen molar-refractivity contribution in [3.8, 4) is 33.6 Å². The lowest BCUT2D eigenvalue weighted by Crippen LogP contribution is -2.49. The zero-order chi connectivity index (χ0) is 27.2. The molecule has 2 aliphatic rings. The molecule has 0 saturated carbocycles. The van der Waals surface area contributed by atoms with Crippen LogP contribution >= 0.6 is 0 Å². The smallest absolute Gasteiger partial charge is 0.218 e. The van der Waals surface area contributed by atoms with Crippen LogP contribution in [0.3, 0.4) is 0 Å². The van der Waals surface area contributed by atoms with Crippen LogP contribution in [0.15, 0.2) is 122 Å². The average Bonchev–Trinajstić information content (AvgIpc) is 3.00. The number of rotatable bonds is 2. The molecular weight excluding hydrogens is 486 g/mol. The predicted molar refractivity (Wildman–Crippen MR) is 164 cm³/mol. The molecule has 7 rings (SSSR count). The highest BCUT2D eigenvalue weighted by molar-refractivity contribution is 5.74.